The van der Waals surface area contributed by atoms with Crippen LogP contribution in [-0.4, -0.2) is 28.6 Å². The first kappa shape index (κ1) is 14.1. The normalized spacial score (nSPS) is 10.7. The van der Waals surface area contributed by atoms with Gasteiger partial charge in [0.2, 0.25) is 5.91 Å². The number of carboxylic acid groups (broad SMARTS) is 1. The third kappa shape index (κ3) is 3.17. The smallest absolute Gasteiger partial charge is 0.307 e. The van der Waals surface area contributed by atoms with Crippen molar-refractivity contribution in [2.45, 2.75) is 25.8 Å². The Morgan fingerprint density at radius 1 is 1.30 bits per heavy atom. The highest BCUT2D eigenvalue weighted by molar-refractivity contribution is 5.87. The number of fused-ring (bicyclic) bond motifs is 1. The van der Waals surface area contributed by atoms with Crippen LogP contribution in [0.4, 0.5) is 0 Å². The Balaban J connectivity index is 2.20. The molecule has 1 aromatic heterocycles. The molecular weight excluding hydrogens is 256 g/mol. The van der Waals surface area contributed by atoms with E-state index in [0.717, 1.165) is 22.9 Å². The minimum absolute atomic E-state index is 0.0168. The number of aliphatic carboxylic acids is 1. The van der Waals surface area contributed by atoms with Gasteiger partial charge in [-0.2, -0.15) is 0 Å². The maximum absolute atomic E-state index is 11.2. The van der Waals surface area contributed by atoms with Crippen LogP contribution in [0.2, 0.25) is 0 Å². The van der Waals surface area contributed by atoms with E-state index in [4.69, 9.17) is 5.11 Å². The van der Waals surface area contributed by atoms with Crippen molar-refractivity contribution in [3.63, 3.8) is 0 Å². The molecule has 1 heterocycles. The second-order valence-electron chi connectivity index (χ2n) is 4.71. The number of hydrogen-bond acceptors (Lipinski definition) is 2. The van der Waals surface area contributed by atoms with Gasteiger partial charge in [0, 0.05) is 37.1 Å². The molecule has 5 heteroatoms. The Morgan fingerprint density at radius 2 is 2.05 bits per heavy atom. The molecule has 20 heavy (non-hydrogen) atoms. The second kappa shape index (κ2) is 6.23. The first-order valence-electron chi connectivity index (χ1n) is 6.61. The number of para-hydroxylation sites is 1. The van der Waals surface area contributed by atoms with Crippen LogP contribution in [0.15, 0.2) is 30.5 Å². The molecule has 0 aliphatic rings. The molecule has 0 bridgehead atoms. The Bertz CT molecular complexity index is 631. The van der Waals surface area contributed by atoms with Crippen LogP contribution in [-0.2, 0) is 22.6 Å². The summed E-state index contributed by atoms with van der Waals surface area (Å²) < 4.78 is 2.02. The fourth-order valence-corrected chi connectivity index (χ4v) is 2.35. The van der Waals surface area contributed by atoms with Gasteiger partial charge in [0.05, 0.1) is 6.42 Å². The van der Waals surface area contributed by atoms with Crippen molar-refractivity contribution in [1.82, 2.24) is 9.88 Å². The lowest BCUT2D eigenvalue weighted by molar-refractivity contribution is -0.136. The molecule has 5 nitrogen and oxygen atoms in total. The van der Waals surface area contributed by atoms with E-state index in [-0.39, 0.29) is 12.3 Å². The maximum Gasteiger partial charge on any atom is 0.307 e. The van der Waals surface area contributed by atoms with Gasteiger partial charge in [-0.1, -0.05) is 18.2 Å². The lowest BCUT2D eigenvalue weighted by atomic mass is 10.1. The highest BCUT2D eigenvalue weighted by atomic mass is 16.4. The summed E-state index contributed by atoms with van der Waals surface area (Å²) in [5.74, 6) is -0.814. The number of nitrogens with one attached hydrogen (secondary N) is 1. The van der Waals surface area contributed by atoms with Crippen molar-refractivity contribution >= 4 is 22.8 Å². The number of rotatable bonds is 6. The minimum atomic E-state index is -0.835. The van der Waals surface area contributed by atoms with E-state index in [1.165, 1.54) is 0 Å². The molecule has 2 rings (SSSR count). The molecule has 1 aromatic carbocycles. The summed E-state index contributed by atoms with van der Waals surface area (Å²) in [6.45, 7) is 0.702. The summed E-state index contributed by atoms with van der Waals surface area (Å²) >= 11 is 0. The summed E-state index contributed by atoms with van der Waals surface area (Å²) in [7, 11) is 1.62. The largest absolute Gasteiger partial charge is 0.481 e. The van der Waals surface area contributed by atoms with E-state index in [2.05, 4.69) is 5.32 Å². The van der Waals surface area contributed by atoms with Gasteiger partial charge in [-0.25, -0.2) is 0 Å². The van der Waals surface area contributed by atoms with Gasteiger partial charge in [0.1, 0.15) is 0 Å². The Morgan fingerprint density at radius 3 is 2.75 bits per heavy atom. The number of carboxylic acids is 1. The SMILES string of the molecule is CNC(=O)CCCn1cc(CC(=O)O)c2ccccc21. The number of benzene rings is 1. The van der Waals surface area contributed by atoms with Crippen LogP contribution >= 0.6 is 0 Å². The van der Waals surface area contributed by atoms with Crippen LogP contribution in [0.1, 0.15) is 18.4 Å². The van der Waals surface area contributed by atoms with Gasteiger partial charge in [-0.15, -0.1) is 0 Å². The molecule has 0 atom stereocenters. The van der Waals surface area contributed by atoms with Gasteiger partial charge in [0.15, 0.2) is 0 Å². The molecule has 106 valence electrons. The number of aromatic nitrogens is 1. The maximum atomic E-state index is 11.2. The molecule has 2 N–H and O–H groups in total. The topological polar surface area (TPSA) is 71.3 Å². The molecule has 0 aliphatic carbocycles. The van der Waals surface area contributed by atoms with Crippen LogP contribution in [0.5, 0.6) is 0 Å². The van der Waals surface area contributed by atoms with Crippen molar-refractivity contribution in [1.29, 1.82) is 0 Å². The highest BCUT2D eigenvalue weighted by Crippen LogP contribution is 2.22. The summed E-state index contributed by atoms with van der Waals surface area (Å²) in [6.07, 6.45) is 3.09. The molecule has 0 radical (unpaired) electrons. The van der Waals surface area contributed by atoms with E-state index in [1.807, 2.05) is 35.0 Å². The zero-order valence-corrected chi connectivity index (χ0v) is 11.4. The zero-order valence-electron chi connectivity index (χ0n) is 11.4. The molecule has 2 aromatic rings. The quantitative estimate of drug-likeness (QED) is 0.843. The van der Waals surface area contributed by atoms with Gasteiger partial charge in [-0.05, 0) is 18.1 Å². The van der Waals surface area contributed by atoms with E-state index in [9.17, 15) is 9.59 Å². The molecule has 0 aliphatic heterocycles. The average molecular weight is 274 g/mol. The average Bonchev–Trinajstić information content (AvgIpc) is 2.77. The van der Waals surface area contributed by atoms with Gasteiger partial charge < -0.3 is 15.0 Å². The molecular formula is C15H18N2O3. The molecule has 1 amide bonds. The summed E-state index contributed by atoms with van der Waals surface area (Å²) in [6, 6.07) is 7.74. The summed E-state index contributed by atoms with van der Waals surface area (Å²) in [5, 5.41) is 12.5. The number of hydrogen-bond donors (Lipinski definition) is 2. The lowest BCUT2D eigenvalue weighted by Gasteiger charge is -2.04. The van der Waals surface area contributed by atoms with Crippen molar-refractivity contribution < 1.29 is 14.7 Å². The van der Waals surface area contributed by atoms with E-state index < -0.39 is 5.97 Å². The van der Waals surface area contributed by atoms with Gasteiger partial charge in [-0.3, -0.25) is 9.59 Å². The minimum Gasteiger partial charge on any atom is -0.481 e. The van der Waals surface area contributed by atoms with Crippen molar-refractivity contribution in [2.75, 3.05) is 7.05 Å². The van der Waals surface area contributed by atoms with Crippen molar-refractivity contribution in [2.24, 2.45) is 0 Å². The first-order chi connectivity index (χ1) is 9.61. The third-order valence-corrected chi connectivity index (χ3v) is 3.29. The summed E-state index contributed by atoms with van der Waals surface area (Å²) in [4.78, 5) is 22.1. The number of carbonyl (C=O) groups excluding carboxylic acids is 1. The molecule has 0 unspecified atom stereocenters. The number of amides is 1. The van der Waals surface area contributed by atoms with E-state index >= 15 is 0 Å². The zero-order chi connectivity index (χ0) is 14.5. The van der Waals surface area contributed by atoms with Crippen LogP contribution in [0.25, 0.3) is 10.9 Å². The van der Waals surface area contributed by atoms with Gasteiger partial charge >= 0.3 is 5.97 Å². The number of nitrogens with zero attached hydrogens (tertiary/aromatic N) is 1. The third-order valence-electron chi connectivity index (χ3n) is 3.29. The van der Waals surface area contributed by atoms with E-state index in [1.54, 1.807) is 7.05 Å². The Labute approximate surface area is 117 Å². The van der Waals surface area contributed by atoms with Crippen LogP contribution in [0.3, 0.4) is 0 Å². The summed E-state index contributed by atoms with van der Waals surface area (Å²) in [5.41, 5.74) is 1.83. The Hall–Kier alpha value is -2.30. The molecule has 0 fully saturated rings. The van der Waals surface area contributed by atoms with Crippen molar-refractivity contribution in [3.05, 3.63) is 36.0 Å². The fourth-order valence-electron chi connectivity index (χ4n) is 2.35. The predicted octanol–water partition coefficient (Wildman–Crippen LogP) is 1.79. The number of carbonyl (C=O) groups is 2. The second-order valence-corrected chi connectivity index (χ2v) is 4.71. The molecule has 0 saturated heterocycles. The number of aryl methyl sites for hydroxylation is 1. The molecule has 0 saturated carbocycles. The lowest BCUT2D eigenvalue weighted by Crippen LogP contribution is -2.17. The Kier molecular flexibility index (Phi) is 4.40. The van der Waals surface area contributed by atoms with Crippen molar-refractivity contribution in [3.8, 4) is 0 Å². The van der Waals surface area contributed by atoms with Gasteiger partial charge in [0.25, 0.3) is 0 Å². The standard InChI is InChI=1S/C15H18N2O3/c1-16-14(18)7-4-8-17-10-11(9-15(19)20)12-5-2-3-6-13(12)17/h2-3,5-6,10H,4,7-9H2,1H3,(H,16,18)(H,19,20). The van der Waals surface area contributed by atoms with Crippen LogP contribution < -0.4 is 5.32 Å². The predicted molar refractivity (Wildman–Crippen MR) is 76.6 cm³/mol. The molecule has 0 spiro atoms. The fraction of sp³-hybridized carbons (Fsp3) is 0.333. The van der Waals surface area contributed by atoms with Crippen LogP contribution in [0, 0.1) is 0 Å². The highest BCUT2D eigenvalue weighted by Gasteiger charge is 2.11. The first-order valence-corrected chi connectivity index (χ1v) is 6.61. The monoisotopic (exact) mass is 274 g/mol. The van der Waals surface area contributed by atoms with E-state index in [0.29, 0.717) is 13.0 Å².